The second kappa shape index (κ2) is 5.65. The molecule has 0 N–H and O–H groups in total. The van der Waals surface area contributed by atoms with Crippen LogP contribution in [0, 0.1) is 6.92 Å². The lowest BCUT2D eigenvalue weighted by molar-refractivity contribution is 0.342. The first-order valence-electron chi connectivity index (χ1n) is 7.47. The molecule has 0 atom stereocenters. The van der Waals surface area contributed by atoms with E-state index in [1.807, 2.05) is 26.0 Å². The first-order chi connectivity index (χ1) is 10.3. The molecule has 0 radical (unpaired) electrons. The summed E-state index contributed by atoms with van der Waals surface area (Å²) in [5, 5.41) is 4.51. The van der Waals surface area contributed by atoms with Crippen LogP contribution in [-0.4, -0.2) is 13.2 Å². The second-order valence-corrected chi connectivity index (χ2v) is 5.07. The van der Waals surface area contributed by atoms with Crippen molar-refractivity contribution in [2.45, 2.75) is 20.8 Å². The van der Waals surface area contributed by atoms with E-state index in [1.165, 1.54) is 5.56 Å². The van der Waals surface area contributed by atoms with Gasteiger partial charge in [-0.05, 0) is 26.3 Å². The third kappa shape index (κ3) is 2.21. The Morgan fingerprint density at radius 2 is 1.29 bits per heavy atom. The fourth-order valence-electron chi connectivity index (χ4n) is 2.91. The Morgan fingerprint density at radius 3 is 1.95 bits per heavy atom. The largest absolute Gasteiger partial charge is 0.493 e. The summed E-state index contributed by atoms with van der Waals surface area (Å²) in [6.07, 6.45) is 0. The van der Waals surface area contributed by atoms with Gasteiger partial charge in [-0.15, -0.1) is 0 Å². The first-order valence-corrected chi connectivity index (χ1v) is 7.47. The summed E-state index contributed by atoms with van der Waals surface area (Å²) < 4.78 is 12.0. The van der Waals surface area contributed by atoms with Gasteiger partial charge in [0, 0.05) is 21.5 Å². The number of aryl methyl sites for hydroxylation is 1. The first kappa shape index (κ1) is 13.7. The molecule has 0 aliphatic carbocycles. The maximum absolute atomic E-state index is 5.99. The number of rotatable bonds is 4. The normalized spacial score (nSPS) is 11.0. The molecule has 21 heavy (non-hydrogen) atoms. The Bertz CT molecular complexity index is 790. The lowest BCUT2D eigenvalue weighted by Gasteiger charge is -2.18. The summed E-state index contributed by atoms with van der Waals surface area (Å²) in [6, 6.07) is 14.6. The number of fused-ring (bicyclic) bond motifs is 2. The van der Waals surface area contributed by atoms with Crippen molar-refractivity contribution in [2.24, 2.45) is 0 Å². The molecule has 0 bridgehead atoms. The average Bonchev–Trinajstić information content (AvgIpc) is 2.51. The maximum atomic E-state index is 5.99. The topological polar surface area (TPSA) is 18.5 Å². The van der Waals surface area contributed by atoms with Crippen LogP contribution in [0.3, 0.4) is 0 Å². The van der Waals surface area contributed by atoms with Crippen LogP contribution in [0.15, 0.2) is 42.5 Å². The van der Waals surface area contributed by atoms with Crippen LogP contribution in [0.5, 0.6) is 11.5 Å². The van der Waals surface area contributed by atoms with Crippen LogP contribution in [-0.2, 0) is 0 Å². The summed E-state index contributed by atoms with van der Waals surface area (Å²) in [4.78, 5) is 0. The van der Waals surface area contributed by atoms with E-state index in [2.05, 4.69) is 37.3 Å². The SMILES string of the molecule is CCOc1c2ccccc2c(OCC)c2c(C)cccc12. The zero-order chi connectivity index (χ0) is 14.8. The van der Waals surface area contributed by atoms with Gasteiger partial charge in [0.1, 0.15) is 11.5 Å². The standard InChI is InChI=1S/C19H20O2/c1-4-20-18-14-10-6-7-11-15(14)19(21-5-2)17-13(3)9-8-12-16(17)18/h6-12H,4-5H2,1-3H3. The van der Waals surface area contributed by atoms with Crippen LogP contribution < -0.4 is 9.47 Å². The number of hydrogen-bond acceptors (Lipinski definition) is 2. The van der Waals surface area contributed by atoms with E-state index in [0.29, 0.717) is 13.2 Å². The van der Waals surface area contributed by atoms with Crippen molar-refractivity contribution in [2.75, 3.05) is 13.2 Å². The molecule has 0 saturated heterocycles. The minimum Gasteiger partial charge on any atom is -0.493 e. The Balaban J connectivity index is 2.53. The number of ether oxygens (including phenoxy) is 2. The highest BCUT2D eigenvalue weighted by atomic mass is 16.5. The molecule has 3 aromatic carbocycles. The molecule has 0 aliphatic heterocycles. The molecule has 2 nitrogen and oxygen atoms in total. The average molecular weight is 280 g/mol. The van der Waals surface area contributed by atoms with E-state index < -0.39 is 0 Å². The van der Waals surface area contributed by atoms with Crippen molar-refractivity contribution in [3.05, 3.63) is 48.0 Å². The molecule has 0 aliphatic rings. The molecule has 108 valence electrons. The number of benzene rings is 3. The van der Waals surface area contributed by atoms with Crippen LogP contribution in [0.25, 0.3) is 21.5 Å². The highest BCUT2D eigenvalue weighted by Crippen LogP contribution is 2.43. The fourth-order valence-corrected chi connectivity index (χ4v) is 2.91. The van der Waals surface area contributed by atoms with Crippen LogP contribution in [0.4, 0.5) is 0 Å². The highest BCUT2D eigenvalue weighted by Gasteiger charge is 2.16. The molecule has 0 aromatic heterocycles. The Labute approximate surface area is 125 Å². The van der Waals surface area contributed by atoms with Crippen LogP contribution >= 0.6 is 0 Å². The fraction of sp³-hybridized carbons (Fsp3) is 0.263. The van der Waals surface area contributed by atoms with Crippen molar-refractivity contribution in [3.8, 4) is 11.5 Å². The lowest BCUT2D eigenvalue weighted by atomic mass is 9.97. The summed E-state index contributed by atoms with van der Waals surface area (Å²) in [5.74, 6) is 1.92. The van der Waals surface area contributed by atoms with Gasteiger partial charge >= 0.3 is 0 Å². The molecule has 0 unspecified atom stereocenters. The summed E-state index contributed by atoms with van der Waals surface area (Å²) >= 11 is 0. The Morgan fingerprint density at radius 1 is 0.714 bits per heavy atom. The van der Waals surface area contributed by atoms with E-state index in [4.69, 9.17) is 9.47 Å². The van der Waals surface area contributed by atoms with Crippen molar-refractivity contribution in [1.82, 2.24) is 0 Å². The van der Waals surface area contributed by atoms with E-state index >= 15 is 0 Å². The van der Waals surface area contributed by atoms with Crippen LogP contribution in [0.2, 0.25) is 0 Å². The van der Waals surface area contributed by atoms with Gasteiger partial charge in [0.05, 0.1) is 13.2 Å². The Kier molecular flexibility index (Phi) is 3.70. The molecule has 0 amide bonds. The van der Waals surface area contributed by atoms with Crippen molar-refractivity contribution in [3.63, 3.8) is 0 Å². The van der Waals surface area contributed by atoms with E-state index in [0.717, 1.165) is 33.0 Å². The molecular weight excluding hydrogens is 260 g/mol. The quantitative estimate of drug-likeness (QED) is 0.619. The van der Waals surface area contributed by atoms with E-state index in [1.54, 1.807) is 0 Å². The van der Waals surface area contributed by atoms with Gasteiger partial charge < -0.3 is 9.47 Å². The third-order valence-corrected chi connectivity index (χ3v) is 3.74. The monoisotopic (exact) mass is 280 g/mol. The van der Waals surface area contributed by atoms with Crippen molar-refractivity contribution in [1.29, 1.82) is 0 Å². The molecule has 3 rings (SSSR count). The highest BCUT2D eigenvalue weighted by molar-refractivity contribution is 6.12. The predicted octanol–water partition coefficient (Wildman–Crippen LogP) is 5.10. The minimum atomic E-state index is 0.654. The summed E-state index contributed by atoms with van der Waals surface area (Å²) in [7, 11) is 0. The lowest BCUT2D eigenvalue weighted by Crippen LogP contribution is -1.99. The van der Waals surface area contributed by atoms with E-state index in [9.17, 15) is 0 Å². The minimum absolute atomic E-state index is 0.654. The van der Waals surface area contributed by atoms with Gasteiger partial charge in [0.25, 0.3) is 0 Å². The summed E-state index contributed by atoms with van der Waals surface area (Å²) in [6.45, 7) is 7.47. The zero-order valence-corrected chi connectivity index (χ0v) is 12.8. The smallest absolute Gasteiger partial charge is 0.135 e. The molecular formula is C19H20O2. The third-order valence-electron chi connectivity index (χ3n) is 3.74. The molecule has 2 heteroatoms. The summed E-state index contributed by atoms with van der Waals surface area (Å²) in [5.41, 5.74) is 1.21. The van der Waals surface area contributed by atoms with Gasteiger partial charge in [-0.1, -0.05) is 42.5 Å². The van der Waals surface area contributed by atoms with Crippen molar-refractivity contribution < 1.29 is 9.47 Å². The van der Waals surface area contributed by atoms with Gasteiger partial charge in [-0.3, -0.25) is 0 Å². The molecule has 0 fully saturated rings. The molecule has 3 aromatic rings. The maximum Gasteiger partial charge on any atom is 0.135 e. The van der Waals surface area contributed by atoms with E-state index in [-0.39, 0.29) is 0 Å². The second-order valence-electron chi connectivity index (χ2n) is 5.07. The zero-order valence-electron chi connectivity index (χ0n) is 12.8. The van der Waals surface area contributed by atoms with Crippen molar-refractivity contribution >= 4 is 21.5 Å². The van der Waals surface area contributed by atoms with Gasteiger partial charge in [-0.25, -0.2) is 0 Å². The number of hydrogen-bond donors (Lipinski definition) is 0. The molecule has 0 saturated carbocycles. The van der Waals surface area contributed by atoms with Gasteiger partial charge in [0.15, 0.2) is 0 Å². The van der Waals surface area contributed by atoms with Crippen LogP contribution in [0.1, 0.15) is 19.4 Å². The Hall–Kier alpha value is -2.22. The molecule has 0 spiro atoms. The molecule has 0 heterocycles. The predicted molar refractivity (Wildman–Crippen MR) is 88.5 cm³/mol. The van der Waals surface area contributed by atoms with Gasteiger partial charge in [0.2, 0.25) is 0 Å². The van der Waals surface area contributed by atoms with Gasteiger partial charge in [-0.2, -0.15) is 0 Å².